The lowest BCUT2D eigenvalue weighted by Gasteiger charge is -2.26. The van der Waals surface area contributed by atoms with Crippen LogP contribution < -0.4 is 15.2 Å². The predicted molar refractivity (Wildman–Crippen MR) is 115 cm³/mol. The molecule has 2 aromatic heterocycles. The highest BCUT2D eigenvalue weighted by Gasteiger charge is 2.31. The number of nitrogens with two attached hydrogens (primary N) is 1. The molecule has 1 aromatic carbocycles. The molecule has 5 rings (SSSR count). The van der Waals surface area contributed by atoms with Gasteiger partial charge in [-0.1, -0.05) is 6.07 Å². The summed E-state index contributed by atoms with van der Waals surface area (Å²) in [6, 6.07) is 9.25. The number of amides is 1. The van der Waals surface area contributed by atoms with Gasteiger partial charge in [0, 0.05) is 18.1 Å². The summed E-state index contributed by atoms with van der Waals surface area (Å²) in [6.07, 6.45) is 3.37. The first kappa shape index (κ1) is 19.6. The Morgan fingerprint density at radius 3 is 2.90 bits per heavy atom. The summed E-state index contributed by atoms with van der Waals surface area (Å²) >= 11 is 1.17. The number of hydrogen-bond donors (Lipinski definition) is 1. The van der Waals surface area contributed by atoms with Crippen molar-refractivity contribution in [3.05, 3.63) is 47.0 Å². The monoisotopic (exact) mass is 439 g/mol. The number of hydrogen-bond acceptors (Lipinski definition) is 8. The Hall–Kier alpha value is -3.33. The van der Waals surface area contributed by atoms with Crippen LogP contribution in [0, 0.1) is 0 Å². The van der Waals surface area contributed by atoms with Gasteiger partial charge in [0.15, 0.2) is 18.1 Å². The van der Waals surface area contributed by atoms with Gasteiger partial charge in [-0.2, -0.15) is 0 Å². The van der Waals surface area contributed by atoms with Crippen molar-refractivity contribution in [3.63, 3.8) is 0 Å². The second-order valence-electron chi connectivity index (χ2n) is 7.43. The molecule has 1 amide bonds. The third-order valence-corrected chi connectivity index (χ3v) is 6.65. The fourth-order valence-corrected chi connectivity index (χ4v) is 5.01. The Morgan fingerprint density at radius 1 is 1.23 bits per heavy atom. The van der Waals surface area contributed by atoms with E-state index in [1.165, 1.54) is 11.3 Å². The van der Waals surface area contributed by atoms with Crippen LogP contribution in [-0.2, 0) is 9.53 Å². The number of benzene rings is 1. The van der Waals surface area contributed by atoms with Crippen LogP contribution in [0.25, 0.3) is 10.2 Å². The molecule has 0 saturated carbocycles. The van der Waals surface area contributed by atoms with E-state index < -0.39 is 5.97 Å². The van der Waals surface area contributed by atoms with Crippen molar-refractivity contribution in [2.24, 2.45) is 0 Å². The molecule has 8 nitrogen and oxygen atoms in total. The lowest BCUT2D eigenvalue weighted by molar-refractivity contribution is -0.135. The summed E-state index contributed by atoms with van der Waals surface area (Å²) in [5, 5.41) is 0.712. The highest BCUT2D eigenvalue weighted by atomic mass is 32.1. The number of anilines is 1. The highest BCUT2D eigenvalue weighted by Crippen LogP contribution is 2.38. The van der Waals surface area contributed by atoms with Crippen molar-refractivity contribution in [1.82, 2.24) is 9.88 Å². The van der Waals surface area contributed by atoms with Gasteiger partial charge >= 0.3 is 5.97 Å². The normalized spacial score (nSPS) is 17.7. The van der Waals surface area contributed by atoms with E-state index in [4.69, 9.17) is 19.9 Å². The van der Waals surface area contributed by atoms with Gasteiger partial charge in [0.25, 0.3) is 5.91 Å². The number of nitrogens with zero attached hydrogens (tertiary/aromatic N) is 2. The van der Waals surface area contributed by atoms with Crippen molar-refractivity contribution in [2.75, 3.05) is 32.1 Å². The first-order valence-corrected chi connectivity index (χ1v) is 10.9. The van der Waals surface area contributed by atoms with Gasteiger partial charge < -0.3 is 24.8 Å². The Bertz CT molecular complexity index is 1160. The zero-order valence-corrected chi connectivity index (χ0v) is 17.5. The predicted octanol–water partition coefficient (Wildman–Crippen LogP) is 3.17. The van der Waals surface area contributed by atoms with Crippen molar-refractivity contribution in [3.8, 4) is 11.5 Å². The second-order valence-corrected chi connectivity index (χ2v) is 8.42. The molecule has 2 N–H and O–H groups in total. The molecule has 0 spiro atoms. The molecule has 0 bridgehead atoms. The molecule has 31 heavy (non-hydrogen) atoms. The largest absolute Gasteiger partial charge is 0.486 e. The third-order valence-electron chi connectivity index (χ3n) is 5.54. The second kappa shape index (κ2) is 8.07. The number of aromatic nitrogens is 1. The first-order valence-electron chi connectivity index (χ1n) is 10.1. The topological polar surface area (TPSA) is 104 Å². The van der Waals surface area contributed by atoms with Crippen LogP contribution in [0.2, 0.25) is 0 Å². The quantitative estimate of drug-likeness (QED) is 0.623. The molecule has 3 aromatic rings. The molecule has 2 aliphatic heterocycles. The summed E-state index contributed by atoms with van der Waals surface area (Å²) < 4.78 is 16.6. The lowest BCUT2D eigenvalue weighted by atomic mass is 10.0. The Kier molecular flexibility index (Phi) is 5.11. The Balaban J connectivity index is 1.27. The third kappa shape index (κ3) is 3.65. The van der Waals surface area contributed by atoms with Crippen LogP contribution in [0.1, 0.15) is 34.1 Å². The van der Waals surface area contributed by atoms with Gasteiger partial charge in [0.05, 0.1) is 11.7 Å². The molecule has 1 fully saturated rings. The molecular weight excluding hydrogens is 418 g/mol. The number of rotatable bonds is 4. The summed E-state index contributed by atoms with van der Waals surface area (Å²) in [7, 11) is 0. The van der Waals surface area contributed by atoms with Crippen molar-refractivity contribution in [1.29, 1.82) is 0 Å². The summed E-state index contributed by atoms with van der Waals surface area (Å²) in [5.74, 6) is 0.575. The van der Waals surface area contributed by atoms with E-state index in [0.717, 1.165) is 24.2 Å². The number of nitrogen functional groups attached to an aromatic ring is 1. The van der Waals surface area contributed by atoms with Crippen LogP contribution in [-0.4, -0.2) is 48.1 Å². The maximum absolute atomic E-state index is 12.9. The standard InChI is InChI=1S/C22H21N3O5S/c23-19-14-3-1-7-24-21(14)31-20(19)22(27)30-12-18(26)25-8-2-4-15(25)13-5-6-16-17(11-13)29-10-9-28-16/h1,3,5-7,11,15H,2,4,8-10,12,23H2/t15-/m1/s1. The Morgan fingerprint density at radius 2 is 2.06 bits per heavy atom. The molecule has 9 heteroatoms. The lowest BCUT2D eigenvalue weighted by Crippen LogP contribution is -2.34. The van der Waals surface area contributed by atoms with Crippen molar-refractivity contribution in [2.45, 2.75) is 18.9 Å². The van der Waals surface area contributed by atoms with Gasteiger partial charge in [-0.25, -0.2) is 9.78 Å². The average molecular weight is 439 g/mol. The molecule has 0 unspecified atom stereocenters. The van der Waals surface area contributed by atoms with Gasteiger partial charge in [-0.05, 0) is 42.7 Å². The minimum atomic E-state index is -0.607. The minimum absolute atomic E-state index is 0.0828. The molecular formula is C22H21N3O5S. The Labute approximate surface area is 182 Å². The summed E-state index contributed by atoms with van der Waals surface area (Å²) in [4.78, 5) is 32.3. The number of likely N-dealkylation sites (tertiary alicyclic amines) is 1. The number of carbonyl (C=O) groups excluding carboxylic acids is 2. The zero-order valence-electron chi connectivity index (χ0n) is 16.7. The van der Waals surface area contributed by atoms with Crippen LogP contribution >= 0.6 is 11.3 Å². The molecule has 2 aliphatic rings. The molecule has 1 saturated heterocycles. The minimum Gasteiger partial charge on any atom is -0.486 e. The SMILES string of the molecule is Nc1c(C(=O)OCC(=O)N2CCC[C@@H]2c2ccc3c(c2)OCCO3)sc2ncccc12. The van der Waals surface area contributed by atoms with Crippen LogP contribution in [0.5, 0.6) is 11.5 Å². The van der Waals surface area contributed by atoms with E-state index in [1.807, 2.05) is 18.2 Å². The first-order chi connectivity index (χ1) is 15.1. The molecule has 4 heterocycles. The van der Waals surface area contributed by atoms with Crippen molar-refractivity contribution < 1.29 is 23.8 Å². The van der Waals surface area contributed by atoms with Crippen molar-refractivity contribution >= 4 is 39.1 Å². The number of carbonyl (C=O) groups is 2. The number of thiophene rings is 1. The highest BCUT2D eigenvalue weighted by molar-refractivity contribution is 7.21. The molecule has 1 atom stereocenters. The fourth-order valence-electron chi connectivity index (χ4n) is 4.06. The van der Waals surface area contributed by atoms with Crippen LogP contribution in [0.4, 0.5) is 5.69 Å². The van der Waals surface area contributed by atoms with E-state index in [2.05, 4.69) is 4.98 Å². The van der Waals surface area contributed by atoms with Gasteiger partial charge in [-0.3, -0.25) is 4.79 Å². The smallest absolute Gasteiger partial charge is 0.351 e. The molecule has 0 aliphatic carbocycles. The molecule has 160 valence electrons. The van der Waals surface area contributed by atoms with E-state index >= 15 is 0 Å². The van der Waals surface area contributed by atoms with Gasteiger partial charge in [-0.15, -0.1) is 11.3 Å². The number of ether oxygens (including phenoxy) is 3. The van der Waals surface area contributed by atoms with E-state index in [1.54, 1.807) is 23.2 Å². The van der Waals surface area contributed by atoms with Crippen LogP contribution in [0.3, 0.4) is 0 Å². The number of fused-ring (bicyclic) bond motifs is 2. The van der Waals surface area contributed by atoms with E-state index in [9.17, 15) is 9.59 Å². The van der Waals surface area contributed by atoms with E-state index in [-0.39, 0.29) is 23.4 Å². The average Bonchev–Trinajstić information content (AvgIpc) is 3.42. The maximum atomic E-state index is 12.9. The van der Waals surface area contributed by atoms with Crippen LogP contribution in [0.15, 0.2) is 36.5 Å². The summed E-state index contributed by atoms with van der Waals surface area (Å²) in [5.41, 5.74) is 7.40. The van der Waals surface area contributed by atoms with Gasteiger partial charge in [0.2, 0.25) is 0 Å². The number of pyridine rings is 1. The maximum Gasteiger partial charge on any atom is 0.351 e. The number of esters is 1. The van der Waals surface area contributed by atoms with E-state index in [0.29, 0.717) is 41.4 Å². The molecule has 0 radical (unpaired) electrons. The summed E-state index contributed by atoms with van der Waals surface area (Å²) in [6.45, 7) is 1.33. The fraction of sp³-hybridized carbons (Fsp3) is 0.318. The van der Waals surface area contributed by atoms with Gasteiger partial charge in [0.1, 0.15) is 22.9 Å². The zero-order chi connectivity index (χ0) is 21.4.